The standard InChI is InChI=1S/C35H41NO15.ClH/c1-15-30(41)20(36-10-6-9-24(49-16(2)38)50-17(3)39)11-25(48-15)51-22-13-35(46,23(40)14-37)12-19-27(22)34(45)29-28(32(19)43)31(42)18-7-5-8-21(47-4)26(18)33(29)44;/h5,7-8,15,20,22,24-25,30,36-37,41,43,45-46H,6,9-14H2,1-4H3;1H. The predicted molar refractivity (Wildman–Crippen MR) is 179 cm³/mol. The van der Waals surface area contributed by atoms with Crippen LogP contribution in [0.25, 0.3) is 0 Å². The van der Waals surface area contributed by atoms with Crippen LogP contribution >= 0.6 is 12.4 Å². The minimum atomic E-state index is -2.31. The average molecular weight is 752 g/mol. The normalized spacial score (nSPS) is 25.0. The van der Waals surface area contributed by atoms with Crippen molar-refractivity contribution >= 4 is 41.7 Å². The Morgan fingerprint density at radius 3 is 2.31 bits per heavy atom. The van der Waals surface area contributed by atoms with E-state index in [4.69, 9.17) is 23.7 Å². The van der Waals surface area contributed by atoms with Crippen LogP contribution in [-0.2, 0) is 39.8 Å². The van der Waals surface area contributed by atoms with Crippen molar-refractivity contribution in [3.05, 3.63) is 51.6 Å². The summed E-state index contributed by atoms with van der Waals surface area (Å²) in [6.45, 7) is 3.17. The molecule has 2 aromatic rings. The monoisotopic (exact) mass is 751 g/mol. The van der Waals surface area contributed by atoms with E-state index in [-0.39, 0.29) is 59.8 Å². The van der Waals surface area contributed by atoms with Gasteiger partial charge in [0.05, 0.1) is 42.1 Å². The second-order valence-electron chi connectivity index (χ2n) is 12.8. The van der Waals surface area contributed by atoms with Gasteiger partial charge in [0.2, 0.25) is 12.1 Å². The molecule has 0 amide bonds. The number of nitrogens with one attached hydrogen (secondary N) is 1. The molecule has 0 saturated carbocycles. The number of methoxy groups -OCH3 is 1. The molecular weight excluding hydrogens is 710 g/mol. The number of halogens is 1. The number of phenolic OH excluding ortho intramolecular Hbond substituents is 2. The third-order valence-corrected chi connectivity index (χ3v) is 9.38. The predicted octanol–water partition coefficient (Wildman–Crippen LogP) is 1.29. The topological polar surface area (TPSA) is 245 Å². The van der Waals surface area contributed by atoms with Gasteiger partial charge in [-0.15, -0.1) is 12.4 Å². The van der Waals surface area contributed by atoms with Crippen LogP contribution in [0.3, 0.4) is 0 Å². The van der Waals surface area contributed by atoms with E-state index in [0.717, 1.165) is 0 Å². The van der Waals surface area contributed by atoms with Gasteiger partial charge in [0.1, 0.15) is 29.5 Å². The molecule has 1 saturated heterocycles. The molecule has 1 heterocycles. The molecule has 284 valence electrons. The largest absolute Gasteiger partial charge is 0.507 e. The summed E-state index contributed by atoms with van der Waals surface area (Å²) in [7, 11) is 1.31. The lowest BCUT2D eigenvalue weighted by Crippen LogP contribution is -2.54. The van der Waals surface area contributed by atoms with E-state index in [9.17, 15) is 49.5 Å². The zero-order valence-electron chi connectivity index (χ0n) is 28.9. The van der Waals surface area contributed by atoms with Crippen LogP contribution in [-0.4, -0.2) is 112 Å². The molecule has 52 heavy (non-hydrogen) atoms. The van der Waals surface area contributed by atoms with Gasteiger partial charge in [-0.1, -0.05) is 12.1 Å². The van der Waals surface area contributed by atoms with Crippen LogP contribution in [0.4, 0.5) is 0 Å². The van der Waals surface area contributed by atoms with Crippen molar-refractivity contribution in [2.75, 3.05) is 20.3 Å². The quantitative estimate of drug-likeness (QED) is 0.0661. The summed E-state index contributed by atoms with van der Waals surface area (Å²) in [5.41, 5.74) is -3.92. The van der Waals surface area contributed by atoms with Gasteiger partial charge < -0.3 is 54.5 Å². The van der Waals surface area contributed by atoms with Crippen LogP contribution < -0.4 is 10.1 Å². The zero-order valence-corrected chi connectivity index (χ0v) is 29.7. The van der Waals surface area contributed by atoms with Crippen molar-refractivity contribution in [1.29, 1.82) is 0 Å². The molecule has 5 rings (SSSR count). The lowest BCUT2D eigenvalue weighted by molar-refractivity contribution is -0.249. The van der Waals surface area contributed by atoms with Gasteiger partial charge in [-0.2, -0.15) is 0 Å². The number of esters is 2. The van der Waals surface area contributed by atoms with Crippen molar-refractivity contribution in [3.8, 4) is 17.2 Å². The van der Waals surface area contributed by atoms with Gasteiger partial charge in [-0.25, -0.2) is 0 Å². The Balaban J connectivity index is 0.00000605. The van der Waals surface area contributed by atoms with E-state index in [1.54, 1.807) is 6.92 Å². The van der Waals surface area contributed by atoms with Crippen LogP contribution in [0, 0.1) is 0 Å². The summed E-state index contributed by atoms with van der Waals surface area (Å²) >= 11 is 0. The molecule has 3 aliphatic rings. The molecule has 2 aliphatic carbocycles. The molecular formula is C35H42ClNO15. The maximum Gasteiger partial charge on any atom is 0.305 e. The average Bonchev–Trinajstić information content (AvgIpc) is 3.07. The van der Waals surface area contributed by atoms with E-state index in [2.05, 4.69) is 5.32 Å². The summed E-state index contributed by atoms with van der Waals surface area (Å²) in [5.74, 6) is -5.24. The van der Waals surface area contributed by atoms with Crippen LogP contribution in [0.5, 0.6) is 17.2 Å². The summed E-state index contributed by atoms with van der Waals surface area (Å²) in [6.07, 6.45) is -6.12. The molecule has 16 nitrogen and oxygen atoms in total. The first-order chi connectivity index (χ1) is 24.1. The molecule has 2 aromatic carbocycles. The van der Waals surface area contributed by atoms with Gasteiger partial charge in [0, 0.05) is 62.3 Å². The molecule has 0 bridgehead atoms. The molecule has 17 heteroatoms. The summed E-state index contributed by atoms with van der Waals surface area (Å²) in [4.78, 5) is 63.2. The van der Waals surface area contributed by atoms with Gasteiger partial charge in [-0.3, -0.25) is 24.0 Å². The highest BCUT2D eigenvalue weighted by atomic mass is 35.5. The second kappa shape index (κ2) is 16.2. The Kier molecular flexibility index (Phi) is 12.7. The van der Waals surface area contributed by atoms with E-state index < -0.39 is 114 Å². The van der Waals surface area contributed by atoms with Crippen molar-refractivity contribution in [3.63, 3.8) is 0 Å². The molecule has 0 spiro atoms. The number of Topliss-reactive ketones (excluding diaryl/α,β-unsaturated/α-hetero) is 1. The van der Waals surface area contributed by atoms with Crippen LogP contribution in [0.15, 0.2) is 18.2 Å². The maximum atomic E-state index is 13.9. The first kappa shape index (κ1) is 40.6. The first-order valence-corrected chi connectivity index (χ1v) is 16.4. The molecule has 1 aliphatic heterocycles. The number of aliphatic hydroxyl groups is 3. The number of benzene rings is 2. The number of aliphatic hydroxyl groups excluding tert-OH is 2. The molecule has 6 atom stereocenters. The van der Waals surface area contributed by atoms with E-state index in [0.29, 0.717) is 6.42 Å². The lowest BCUT2D eigenvalue weighted by Gasteiger charge is -2.43. The molecule has 6 unspecified atom stereocenters. The Morgan fingerprint density at radius 1 is 1.04 bits per heavy atom. The SMILES string of the molecule is COc1cccc2c1C(=O)c1c(O)c3c(c(O)c1C2=O)CC(O)(C(=O)CO)CC3OC1CC(NCCCC(OC(C)=O)OC(C)=O)C(O)C(C)O1.Cl. The Labute approximate surface area is 304 Å². The summed E-state index contributed by atoms with van der Waals surface area (Å²) in [6, 6.07) is 3.68. The van der Waals surface area contributed by atoms with Crippen molar-refractivity contribution in [2.45, 2.75) is 95.4 Å². The lowest BCUT2D eigenvalue weighted by atomic mass is 9.72. The highest BCUT2D eigenvalue weighted by Crippen LogP contribution is 2.52. The van der Waals surface area contributed by atoms with E-state index >= 15 is 0 Å². The maximum absolute atomic E-state index is 13.9. The van der Waals surface area contributed by atoms with Gasteiger partial charge in [0.15, 0.2) is 17.9 Å². The third kappa shape index (κ3) is 7.78. The molecule has 6 N–H and O–H groups in total. The van der Waals surface area contributed by atoms with Crippen LogP contribution in [0.1, 0.15) is 95.5 Å². The summed E-state index contributed by atoms with van der Waals surface area (Å²) in [5, 5.41) is 58.5. The number of hydrogen-bond acceptors (Lipinski definition) is 16. The fourth-order valence-electron chi connectivity index (χ4n) is 6.99. The fraction of sp³-hybridized carbons (Fsp3) is 0.514. The Bertz CT molecular complexity index is 1730. The van der Waals surface area contributed by atoms with Gasteiger partial charge in [-0.05, 0) is 26.0 Å². The zero-order chi connectivity index (χ0) is 37.4. The van der Waals surface area contributed by atoms with Gasteiger partial charge >= 0.3 is 11.9 Å². The van der Waals surface area contributed by atoms with Crippen LogP contribution in [0.2, 0.25) is 0 Å². The number of aromatic hydroxyl groups is 2. The second-order valence-corrected chi connectivity index (χ2v) is 12.8. The number of phenols is 2. The third-order valence-electron chi connectivity index (χ3n) is 9.38. The number of carbonyl (C=O) groups is 5. The Morgan fingerprint density at radius 2 is 1.69 bits per heavy atom. The smallest absolute Gasteiger partial charge is 0.305 e. The van der Waals surface area contributed by atoms with Crippen molar-refractivity contribution in [1.82, 2.24) is 5.32 Å². The number of ether oxygens (including phenoxy) is 5. The van der Waals surface area contributed by atoms with E-state index in [1.807, 2.05) is 0 Å². The number of ketones is 3. The van der Waals surface area contributed by atoms with E-state index in [1.165, 1.54) is 39.2 Å². The number of rotatable bonds is 12. The highest BCUT2D eigenvalue weighted by molar-refractivity contribution is 6.31. The fourth-order valence-corrected chi connectivity index (χ4v) is 6.99. The Hall–Kier alpha value is -4.16. The number of hydrogen-bond donors (Lipinski definition) is 6. The van der Waals surface area contributed by atoms with Crippen molar-refractivity contribution < 1.29 is 73.2 Å². The number of carbonyl (C=O) groups excluding carboxylic acids is 5. The van der Waals surface area contributed by atoms with Gasteiger partial charge in [0.25, 0.3) is 0 Å². The van der Waals surface area contributed by atoms with Crippen molar-refractivity contribution in [2.24, 2.45) is 0 Å². The molecule has 0 aromatic heterocycles. The molecule has 0 radical (unpaired) electrons. The molecule has 1 fully saturated rings. The minimum absolute atomic E-state index is 0. The highest BCUT2D eigenvalue weighted by Gasteiger charge is 2.50. The number of fused-ring (bicyclic) bond motifs is 3. The first-order valence-electron chi connectivity index (χ1n) is 16.4. The summed E-state index contributed by atoms with van der Waals surface area (Å²) < 4.78 is 27.5. The minimum Gasteiger partial charge on any atom is -0.507 e.